The van der Waals surface area contributed by atoms with Gasteiger partial charge in [0.25, 0.3) is 5.91 Å². The summed E-state index contributed by atoms with van der Waals surface area (Å²) in [6.45, 7) is 3.26. The third kappa shape index (κ3) is 4.78. The minimum Gasteiger partial charge on any atom is -0.474 e. The Balaban J connectivity index is 1.44. The van der Waals surface area contributed by atoms with Gasteiger partial charge in [-0.2, -0.15) is 0 Å². The molecular formula is C22H24ClN5O3S. The molecule has 0 saturated carbocycles. The van der Waals surface area contributed by atoms with Crippen LogP contribution in [0.1, 0.15) is 25.3 Å². The van der Waals surface area contributed by atoms with Crippen molar-refractivity contribution in [1.29, 1.82) is 0 Å². The average molecular weight is 474 g/mol. The van der Waals surface area contributed by atoms with Crippen molar-refractivity contribution in [3.8, 4) is 5.06 Å². The first-order valence-electron chi connectivity index (χ1n) is 10.4. The molecule has 0 aliphatic carbocycles. The van der Waals surface area contributed by atoms with Crippen LogP contribution < -0.4 is 10.5 Å². The molecule has 1 atom stereocenters. The van der Waals surface area contributed by atoms with Crippen LogP contribution in [-0.4, -0.2) is 57.3 Å². The molecule has 1 aliphatic rings. The Labute approximate surface area is 194 Å². The second-order valence-electron chi connectivity index (χ2n) is 7.61. The van der Waals surface area contributed by atoms with E-state index in [-0.39, 0.29) is 18.4 Å². The molecule has 0 radical (unpaired) electrons. The van der Waals surface area contributed by atoms with Gasteiger partial charge in [-0.15, -0.1) is 0 Å². The predicted molar refractivity (Wildman–Crippen MR) is 125 cm³/mol. The first kappa shape index (κ1) is 22.3. The highest BCUT2D eigenvalue weighted by molar-refractivity contribution is 7.17. The fourth-order valence-electron chi connectivity index (χ4n) is 3.88. The van der Waals surface area contributed by atoms with E-state index in [9.17, 15) is 9.59 Å². The number of carbonyl (C=O) groups is 2. The number of hydrogen-bond acceptors (Lipinski definition) is 7. The minimum atomic E-state index is -0.491. The monoisotopic (exact) mass is 473 g/mol. The van der Waals surface area contributed by atoms with Gasteiger partial charge in [-0.3, -0.25) is 9.59 Å². The molecule has 168 valence electrons. The highest BCUT2D eigenvalue weighted by Gasteiger charge is 2.36. The van der Waals surface area contributed by atoms with Gasteiger partial charge in [0.15, 0.2) is 11.7 Å². The van der Waals surface area contributed by atoms with Gasteiger partial charge in [0.2, 0.25) is 5.91 Å². The van der Waals surface area contributed by atoms with Gasteiger partial charge in [-0.05, 0) is 36.2 Å². The third-order valence-electron chi connectivity index (χ3n) is 5.46. The van der Waals surface area contributed by atoms with Crippen LogP contribution in [0.5, 0.6) is 5.06 Å². The van der Waals surface area contributed by atoms with Gasteiger partial charge >= 0.3 is 0 Å². The Bertz CT molecular complexity index is 1140. The lowest BCUT2D eigenvalue weighted by Crippen LogP contribution is -2.59. The quantitative estimate of drug-likeness (QED) is 0.564. The second-order valence-corrected chi connectivity index (χ2v) is 9.29. The fourth-order valence-corrected chi connectivity index (χ4v) is 4.75. The summed E-state index contributed by atoms with van der Waals surface area (Å²) in [6.07, 6.45) is 2.83. The molecule has 2 N–H and O–H groups in total. The van der Waals surface area contributed by atoms with Crippen LogP contribution in [0.3, 0.4) is 0 Å². The number of amides is 2. The number of rotatable bonds is 7. The largest absolute Gasteiger partial charge is 0.474 e. The number of thiophene rings is 1. The standard InChI is InChI=1S/C22H24ClN5O3S/c1-2-3-17-22(30)27(11-14-4-5-15-16(10-14)25-13-26-21(15)24)8-9-28(17)19(29)12-31-20-7-6-18(23)32-20/h4-7,10,13,17H,2-3,8-9,11-12H2,1H3,(H2,24,25,26). The van der Waals surface area contributed by atoms with E-state index in [1.165, 1.54) is 17.7 Å². The van der Waals surface area contributed by atoms with Crippen molar-refractivity contribution in [2.75, 3.05) is 25.4 Å². The number of aromatic nitrogens is 2. The highest BCUT2D eigenvalue weighted by atomic mass is 35.5. The summed E-state index contributed by atoms with van der Waals surface area (Å²) in [5.74, 6) is 0.187. The maximum Gasteiger partial charge on any atom is 0.261 e. The van der Waals surface area contributed by atoms with Gasteiger partial charge in [-0.25, -0.2) is 9.97 Å². The van der Waals surface area contributed by atoms with Crippen molar-refractivity contribution in [3.05, 3.63) is 46.6 Å². The Morgan fingerprint density at radius 1 is 1.28 bits per heavy atom. The fraction of sp³-hybridized carbons (Fsp3) is 0.364. The van der Waals surface area contributed by atoms with E-state index in [0.717, 1.165) is 22.9 Å². The Hall–Kier alpha value is -2.91. The molecule has 1 saturated heterocycles. The Morgan fingerprint density at radius 2 is 2.12 bits per heavy atom. The highest BCUT2D eigenvalue weighted by Crippen LogP contribution is 2.28. The smallest absolute Gasteiger partial charge is 0.261 e. The summed E-state index contributed by atoms with van der Waals surface area (Å²) >= 11 is 7.18. The number of hydrogen-bond donors (Lipinski definition) is 1. The molecule has 8 nitrogen and oxygen atoms in total. The van der Waals surface area contributed by atoms with E-state index >= 15 is 0 Å². The summed E-state index contributed by atoms with van der Waals surface area (Å²) in [5.41, 5.74) is 7.60. The molecule has 2 amide bonds. The van der Waals surface area contributed by atoms with E-state index in [2.05, 4.69) is 9.97 Å². The number of anilines is 1. The SMILES string of the molecule is CCCC1C(=O)N(Cc2ccc3c(N)ncnc3c2)CCN1C(=O)COc1ccc(Cl)s1. The summed E-state index contributed by atoms with van der Waals surface area (Å²) in [6, 6.07) is 8.70. The predicted octanol–water partition coefficient (Wildman–Crippen LogP) is 3.35. The van der Waals surface area contributed by atoms with Crippen molar-refractivity contribution < 1.29 is 14.3 Å². The van der Waals surface area contributed by atoms with Crippen LogP contribution in [0.4, 0.5) is 5.82 Å². The molecule has 32 heavy (non-hydrogen) atoms. The number of ether oxygens (including phenoxy) is 1. The zero-order valence-electron chi connectivity index (χ0n) is 17.7. The Kier molecular flexibility index (Phi) is 6.76. The summed E-state index contributed by atoms with van der Waals surface area (Å²) in [5, 5.41) is 1.37. The summed E-state index contributed by atoms with van der Waals surface area (Å²) in [7, 11) is 0. The number of fused-ring (bicyclic) bond motifs is 1. The number of halogens is 1. The van der Waals surface area contributed by atoms with Gasteiger partial charge < -0.3 is 20.3 Å². The van der Waals surface area contributed by atoms with Crippen molar-refractivity contribution in [2.45, 2.75) is 32.4 Å². The van der Waals surface area contributed by atoms with Gasteiger partial charge in [0.05, 0.1) is 9.85 Å². The van der Waals surface area contributed by atoms with E-state index in [1.807, 2.05) is 25.1 Å². The first-order chi connectivity index (χ1) is 15.5. The summed E-state index contributed by atoms with van der Waals surface area (Å²) in [4.78, 5) is 37.8. The number of nitrogen functional groups attached to an aromatic ring is 1. The minimum absolute atomic E-state index is 0.0482. The molecule has 1 unspecified atom stereocenters. The van der Waals surface area contributed by atoms with Crippen LogP contribution in [0.15, 0.2) is 36.7 Å². The summed E-state index contributed by atoms with van der Waals surface area (Å²) < 4.78 is 6.17. The average Bonchev–Trinajstić information content (AvgIpc) is 3.20. The molecule has 2 aromatic heterocycles. The van der Waals surface area contributed by atoms with Crippen molar-refractivity contribution in [2.24, 2.45) is 0 Å². The second kappa shape index (κ2) is 9.70. The normalized spacial score (nSPS) is 16.6. The number of nitrogens with two attached hydrogens (primary N) is 1. The zero-order valence-corrected chi connectivity index (χ0v) is 19.2. The van der Waals surface area contributed by atoms with Crippen LogP contribution in [0.25, 0.3) is 10.9 Å². The van der Waals surface area contributed by atoms with E-state index < -0.39 is 6.04 Å². The van der Waals surface area contributed by atoms with Crippen molar-refractivity contribution in [1.82, 2.24) is 19.8 Å². The maximum absolute atomic E-state index is 13.3. The number of nitrogens with zero attached hydrogens (tertiary/aromatic N) is 4. The topological polar surface area (TPSA) is 102 Å². The molecule has 1 fully saturated rings. The van der Waals surface area contributed by atoms with Gasteiger partial charge in [0, 0.05) is 25.0 Å². The number of carbonyl (C=O) groups excluding carboxylic acids is 2. The molecule has 1 aliphatic heterocycles. The molecular weight excluding hydrogens is 450 g/mol. The third-order valence-corrected chi connectivity index (χ3v) is 6.60. The molecule has 0 bridgehead atoms. The van der Waals surface area contributed by atoms with Gasteiger partial charge in [0.1, 0.15) is 18.2 Å². The van der Waals surface area contributed by atoms with Crippen molar-refractivity contribution >= 4 is 51.5 Å². The van der Waals surface area contributed by atoms with Crippen LogP contribution in [-0.2, 0) is 16.1 Å². The lowest BCUT2D eigenvalue weighted by atomic mass is 10.0. The number of piperazine rings is 1. The molecule has 10 heteroatoms. The lowest BCUT2D eigenvalue weighted by molar-refractivity contribution is -0.153. The van der Waals surface area contributed by atoms with E-state index in [1.54, 1.807) is 21.9 Å². The zero-order chi connectivity index (χ0) is 22.7. The Morgan fingerprint density at radius 3 is 2.88 bits per heavy atom. The van der Waals surface area contributed by atoms with Crippen LogP contribution in [0, 0.1) is 0 Å². The first-order valence-corrected chi connectivity index (χ1v) is 11.6. The lowest BCUT2D eigenvalue weighted by Gasteiger charge is -2.40. The number of benzene rings is 1. The molecule has 4 rings (SSSR count). The molecule has 0 spiro atoms. The molecule has 1 aromatic carbocycles. The van der Waals surface area contributed by atoms with Crippen molar-refractivity contribution in [3.63, 3.8) is 0 Å². The molecule has 3 heterocycles. The van der Waals surface area contributed by atoms with E-state index in [4.69, 9.17) is 22.1 Å². The maximum atomic E-state index is 13.3. The molecule has 3 aromatic rings. The van der Waals surface area contributed by atoms with Gasteiger partial charge in [-0.1, -0.05) is 42.3 Å². The van der Waals surface area contributed by atoms with E-state index in [0.29, 0.717) is 41.3 Å². The van der Waals surface area contributed by atoms with Crippen LogP contribution in [0.2, 0.25) is 4.34 Å². The van der Waals surface area contributed by atoms with Crippen LogP contribution >= 0.6 is 22.9 Å².